The first-order valence-electron chi connectivity index (χ1n) is 10.4. The molecule has 3 rings (SSSR count). The smallest absolute Gasteiger partial charge is 0.187 e. The number of aliphatic hydroxyl groups is 10. The molecule has 0 radical (unpaired) electrons. The summed E-state index contributed by atoms with van der Waals surface area (Å²) in [6.07, 6.45) is -24.0. The van der Waals surface area contributed by atoms with Gasteiger partial charge in [-0.25, -0.2) is 0 Å². The third-order valence-electron chi connectivity index (χ3n) is 6.05. The van der Waals surface area contributed by atoms with Crippen LogP contribution in [-0.2, 0) is 23.7 Å². The van der Waals surface area contributed by atoms with Gasteiger partial charge in [0.05, 0.1) is 19.3 Å². The summed E-state index contributed by atoms with van der Waals surface area (Å²) in [6.45, 7) is -0.127. The summed E-state index contributed by atoms with van der Waals surface area (Å²) >= 11 is 0. The van der Waals surface area contributed by atoms with Crippen LogP contribution in [0.25, 0.3) is 0 Å². The minimum atomic E-state index is -1.88. The van der Waals surface area contributed by atoms with E-state index in [0.29, 0.717) is 0 Å². The molecule has 3 heterocycles. The SMILES string of the molecule is CC1O[C@@H](O[C@@H]2C(O)C(O)OC(CO)[C@H]2O[C@@H]2OC(CO)[C@H](O)[C@H](O)C2O)C(O)[C@@H](O)[C@@H]1O. The van der Waals surface area contributed by atoms with E-state index in [1.165, 1.54) is 6.92 Å². The molecule has 15 atom stereocenters. The predicted molar refractivity (Wildman–Crippen MR) is 99.8 cm³/mol. The Morgan fingerprint density at radius 2 is 1.06 bits per heavy atom. The molecule has 194 valence electrons. The van der Waals surface area contributed by atoms with Crippen LogP contribution in [-0.4, -0.2) is 156 Å². The monoisotopic (exact) mass is 488 g/mol. The van der Waals surface area contributed by atoms with Gasteiger partial charge in [-0.2, -0.15) is 0 Å². The van der Waals surface area contributed by atoms with Gasteiger partial charge in [0.25, 0.3) is 0 Å². The first-order chi connectivity index (χ1) is 15.5. The van der Waals surface area contributed by atoms with Crippen molar-refractivity contribution in [3.63, 3.8) is 0 Å². The number of hydrogen-bond acceptors (Lipinski definition) is 15. The van der Waals surface area contributed by atoms with E-state index in [1.54, 1.807) is 0 Å². The van der Waals surface area contributed by atoms with Crippen LogP contribution in [0.4, 0.5) is 0 Å². The van der Waals surface area contributed by atoms with Gasteiger partial charge in [0.1, 0.15) is 67.1 Å². The molecule has 0 aromatic heterocycles. The average molecular weight is 488 g/mol. The number of rotatable bonds is 6. The third kappa shape index (κ3) is 5.32. The van der Waals surface area contributed by atoms with E-state index >= 15 is 0 Å². The van der Waals surface area contributed by atoms with Crippen molar-refractivity contribution in [1.82, 2.24) is 0 Å². The molecule has 0 aromatic rings. The fourth-order valence-electron chi connectivity index (χ4n) is 3.99. The zero-order valence-electron chi connectivity index (χ0n) is 17.6. The summed E-state index contributed by atoms with van der Waals surface area (Å²) in [5.41, 5.74) is 0. The summed E-state index contributed by atoms with van der Waals surface area (Å²) in [7, 11) is 0. The Kier molecular flexibility index (Phi) is 8.99. The van der Waals surface area contributed by atoms with Gasteiger partial charge in [0, 0.05) is 0 Å². The minimum absolute atomic E-state index is 0.739. The molecule has 10 N–H and O–H groups in total. The van der Waals surface area contributed by atoms with Gasteiger partial charge in [-0.05, 0) is 6.92 Å². The van der Waals surface area contributed by atoms with Crippen LogP contribution in [0.1, 0.15) is 6.92 Å². The maximum atomic E-state index is 10.5. The van der Waals surface area contributed by atoms with Gasteiger partial charge < -0.3 is 74.7 Å². The summed E-state index contributed by atoms with van der Waals surface area (Å²) in [5, 5.41) is 99.8. The van der Waals surface area contributed by atoms with Crippen molar-refractivity contribution < 1.29 is 74.7 Å². The fourth-order valence-corrected chi connectivity index (χ4v) is 3.99. The van der Waals surface area contributed by atoms with Gasteiger partial charge in [-0.3, -0.25) is 0 Å². The van der Waals surface area contributed by atoms with Crippen molar-refractivity contribution in [2.45, 2.75) is 99.0 Å². The Morgan fingerprint density at radius 1 is 0.545 bits per heavy atom. The Bertz CT molecular complexity index is 624. The predicted octanol–water partition coefficient (Wildman–Crippen LogP) is -6.55. The van der Waals surface area contributed by atoms with Gasteiger partial charge >= 0.3 is 0 Å². The second-order valence-corrected chi connectivity index (χ2v) is 8.32. The molecule has 0 amide bonds. The van der Waals surface area contributed by atoms with Crippen molar-refractivity contribution in [3.8, 4) is 0 Å². The number of aliphatic hydroxyl groups excluding tert-OH is 10. The summed E-state index contributed by atoms with van der Waals surface area (Å²) in [4.78, 5) is 0. The molecule has 3 aliphatic heterocycles. The van der Waals surface area contributed by atoms with E-state index in [0.717, 1.165) is 0 Å². The first kappa shape index (κ1) is 27.0. The van der Waals surface area contributed by atoms with Crippen molar-refractivity contribution >= 4 is 0 Å². The topological polar surface area (TPSA) is 248 Å². The van der Waals surface area contributed by atoms with Gasteiger partial charge in [0.15, 0.2) is 18.9 Å². The highest BCUT2D eigenvalue weighted by Gasteiger charge is 2.53. The van der Waals surface area contributed by atoms with Gasteiger partial charge in [-0.1, -0.05) is 0 Å². The molecule has 0 saturated carbocycles. The first-order valence-corrected chi connectivity index (χ1v) is 10.4. The lowest BCUT2D eigenvalue weighted by Crippen LogP contribution is -2.66. The summed E-state index contributed by atoms with van der Waals surface area (Å²) in [5.74, 6) is 0. The van der Waals surface area contributed by atoms with E-state index < -0.39 is 105 Å². The van der Waals surface area contributed by atoms with Crippen LogP contribution >= 0.6 is 0 Å². The highest BCUT2D eigenvalue weighted by atomic mass is 16.8. The van der Waals surface area contributed by atoms with Crippen LogP contribution in [0.2, 0.25) is 0 Å². The van der Waals surface area contributed by atoms with E-state index in [2.05, 4.69) is 0 Å². The summed E-state index contributed by atoms with van der Waals surface area (Å²) < 4.78 is 26.9. The van der Waals surface area contributed by atoms with E-state index in [9.17, 15) is 51.1 Å². The molecule has 0 aliphatic carbocycles. The maximum absolute atomic E-state index is 10.5. The molecule has 33 heavy (non-hydrogen) atoms. The van der Waals surface area contributed by atoms with E-state index in [-0.39, 0.29) is 0 Å². The standard InChI is InChI=1S/C18H32O15/c1-4-7(21)9(23)11(25)17(29-4)33-15-13(27)16(28)30-6(3-20)14(15)32-18-12(26)10(24)8(22)5(2-19)31-18/h4-28H,2-3H2,1H3/t4?,5?,6?,7-,8+,9+,10+,11?,12?,13?,14-,15-,16?,17+,18+/m1/s1. The zero-order valence-corrected chi connectivity index (χ0v) is 17.6. The lowest BCUT2D eigenvalue weighted by molar-refractivity contribution is -0.382. The lowest BCUT2D eigenvalue weighted by Gasteiger charge is -2.48. The highest BCUT2D eigenvalue weighted by Crippen LogP contribution is 2.32. The molecule has 15 nitrogen and oxygen atoms in total. The van der Waals surface area contributed by atoms with Crippen LogP contribution in [0, 0.1) is 0 Å². The minimum Gasteiger partial charge on any atom is -0.394 e. The van der Waals surface area contributed by atoms with Crippen molar-refractivity contribution in [3.05, 3.63) is 0 Å². The molecule has 15 heteroatoms. The molecule has 3 saturated heterocycles. The number of ether oxygens (including phenoxy) is 5. The molecule has 3 aliphatic rings. The Morgan fingerprint density at radius 3 is 1.64 bits per heavy atom. The summed E-state index contributed by atoms with van der Waals surface area (Å²) in [6, 6.07) is 0. The normalized spacial score (nSPS) is 53.7. The molecule has 7 unspecified atom stereocenters. The Balaban J connectivity index is 1.83. The fraction of sp³-hybridized carbons (Fsp3) is 1.00. The third-order valence-corrected chi connectivity index (χ3v) is 6.05. The molecule has 0 spiro atoms. The van der Waals surface area contributed by atoms with Crippen LogP contribution < -0.4 is 0 Å². The van der Waals surface area contributed by atoms with E-state index in [1.807, 2.05) is 0 Å². The Hall–Kier alpha value is -0.600. The molecule has 0 aromatic carbocycles. The van der Waals surface area contributed by atoms with E-state index in [4.69, 9.17) is 23.7 Å². The van der Waals surface area contributed by atoms with Crippen LogP contribution in [0.15, 0.2) is 0 Å². The maximum Gasteiger partial charge on any atom is 0.187 e. The van der Waals surface area contributed by atoms with Crippen molar-refractivity contribution in [1.29, 1.82) is 0 Å². The quantitative estimate of drug-likeness (QED) is 0.167. The second-order valence-electron chi connectivity index (χ2n) is 8.32. The molecule has 0 bridgehead atoms. The Labute approximate surface area is 187 Å². The molecular weight excluding hydrogens is 456 g/mol. The average Bonchev–Trinajstić information content (AvgIpc) is 2.80. The number of hydrogen-bond donors (Lipinski definition) is 10. The zero-order chi connectivity index (χ0) is 24.6. The van der Waals surface area contributed by atoms with Crippen molar-refractivity contribution in [2.75, 3.05) is 13.2 Å². The lowest BCUT2D eigenvalue weighted by atomic mass is 9.96. The van der Waals surface area contributed by atoms with Gasteiger partial charge in [-0.15, -0.1) is 0 Å². The highest BCUT2D eigenvalue weighted by molar-refractivity contribution is 4.96. The molecular formula is C18H32O15. The van der Waals surface area contributed by atoms with Crippen LogP contribution in [0.5, 0.6) is 0 Å². The second kappa shape index (κ2) is 11.0. The van der Waals surface area contributed by atoms with Crippen LogP contribution in [0.3, 0.4) is 0 Å². The van der Waals surface area contributed by atoms with Gasteiger partial charge in [0.2, 0.25) is 0 Å². The van der Waals surface area contributed by atoms with Crippen molar-refractivity contribution in [2.24, 2.45) is 0 Å². The largest absolute Gasteiger partial charge is 0.394 e. The molecule has 3 fully saturated rings.